The number of rotatable bonds is 3. The second-order valence-electron chi connectivity index (χ2n) is 2.89. The Morgan fingerprint density at radius 2 is 2.06 bits per heavy atom. The average molecular weight is 236 g/mol. The van der Waals surface area contributed by atoms with Crippen molar-refractivity contribution in [3.63, 3.8) is 0 Å². The normalized spacial score (nSPS) is 11.3. The third-order valence-corrected chi connectivity index (χ3v) is 2.25. The van der Waals surface area contributed by atoms with Crippen LogP contribution in [0.15, 0.2) is 35.9 Å². The zero-order chi connectivity index (χ0) is 12.0. The molecular formula is C12H10ClNO2. The van der Waals surface area contributed by atoms with Crippen LogP contribution in [0.5, 0.6) is 0 Å². The first-order valence-electron chi connectivity index (χ1n) is 4.73. The first-order chi connectivity index (χ1) is 7.70. The van der Waals surface area contributed by atoms with Gasteiger partial charge in [0.25, 0.3) is 0 Å². The van der Waals surface area contributed by atoms with Gasteiger partial charge in [0.2, 0.25) is 0 Å². The van der Waals surface area contributed by atoms with E-state index in [0.717, 1.165) is 0 Å². The average Bonchev–Trinajstić information content (AvgIpc) is 2.31. The molecule has 0 amide bonds. The molecule has 0 N–H and O–H groups in total. The van der Waals surface area contributed by atoms with E-state index < -0.39 is 5.97 Å². The van der Waals surface area contributed by atoms with Crippen molar-refractivity contribution >= 4 is 22.6 Å². The molecule has 1 rings (SSSR count). The molecule has 0 heterocycles. The van der Waals surface area contributed by atoms with Gasteiger partial charge in [-0.15, -0.1) is 0 Å². The molecule has 0 saturated heterocycles. The van der Waals surface area contributed by atoms with Crippen LogP contribution in [0.3, 0.4) is 0 Å². The molecule has 0 unspecified atom stereocenters. The lowest BCUT2D eigenvalue weighted by atomic mass is 10.1. The van der Waals surface area contributed by atoms with Gasteiger partial charge in [-0.2, -0.15) is 5.26 Å². The van der Waals surface area contributed by atoms with E-state index in [1.807, 2.05) is 6.07 Å². The minimum Gasteiger partial charge on any atom is -0.462 e. The van der Waals surface area contributed by atoms with Crippen molar-refractivity contribution in [3.05, 3.63) is 41.5 Å². The molecule has 82 valence electrons. The van der Waals surface area contributed by atoms with E-state index in [1.54, 1.807) is 37.3 Å². The summed E-state index contributed by atoms with van der Waals surface area (Å²) in [5.41, 5.74) is 0.448. The molecule has 0 radical (unpaired) electrons. The van der Waals surface area contributed by atoms with Crippen LogP contribution < -0.4 is 0 Å². The summed E-state index contributed by atoms with van der Waals surface area (Å²) >= 11 is 5.96. The Balaban J connectivity index is 3.11. The van der Waals surface area contributed by atoms with Crippen molar-refractivity contribution in [1.29, 1.82) is 5.26 Å². The van der Waals surface area contributed by atoms with E-state index in [-0.39, 0.29) is 17.2 Å². The number of nitrogens with zero attached hydrogens (tertiary/aromatic N) is 1. The number of esters is 1. The fourth-order valence-electron chi connectivity index (χ4n) is 1.12. The van der Waals surface area contributed by atoms with Gasteiger partial charge in [0, 0.05) is 0 Å². The van der Waals surface area contributed by atoms with Crippen molar-refractivity contribution in [2.24, 2.45) is 0 Å². The topological polar surface area (TPSA) is 50.1 Å². The Hall–Kier alpha value is -1.79. The van der Waals surface area contributed by atoms with Crippen LogP contribution in [0.1, 0.15) is 12.5 Å². The molecule has 0 atom stereocenters. The number of ether oxygens (including phenoxy) is 1. The molecule has 0 saturated carbocycles. The van der Waals surface area contributed by atoms with Gasteiger partial charge in [0.15, 0.2) is 5.57 Å². The highest BCUT2D eigenvalue weighted by Crippen LogP contribution is 2.23. The summed E-state index contributed by atoms with van der Waals surface area (Å²) in [6.45, 7) is 1.88. The van der Waals surface area contributed by atoms with Crippen LogP contribution in [0, 0.1) is 11.3 Å². The monoisotopic (exact) mass is 235 g/mol. The van der Waals surface area contributed by atoms with Crippen LogP contribution in [0.25, 0.3) is 5.03 Å². The van der Waals surface area contributed by atoms with Crippen LogP contribution in [-0.4, -0.2) is 12.6 Å². The molecule has 0 spiro atoms. The van der Waals surface area contributed by atoms with Crippen molar-refractivity contribution < 1.29 is 9.53 Å². The molecule has 0 fully saturated rings. The van der Waals surface area contributed by atoms with Gasteiger partial charge in [0.1, 0.15) is 6.07 Å². The minimum absolute atomic E-state index is 0.113. The van der Waals surface area contributed by atoms with Crippen molar-refractivity contribution in [3.8, 4) is 6.07 Å². The molecular weight excluding hydrogens is 226 g/mol. The minimum atomic E-state index is -0.696. The van der Waals surface area contributed by atoms with Crippen molar-refractivity contribution in [2.45, 2.75) is 6.92 Å². The lowest BCUT2D eigenvalue weighted by molar-refractivity contribution is -0.137. The molecule has 3 nitrogen and oxygen atoms in total. The highest BCUT2D eigenvalue weighted by molar-refractivity contribution is 6.51. The van der Waals surface area contributed by atoms with Gasteiger partial charge in [-0.25, -0.2) is 4.79 Å². The fourth-order valence-corrected chi connectivity index (χ4v) is 1.36. The molecule has 1 aromatic rings. The van der Waals surface area contributed by atoms with E-state index >= 15 is 0 Å². The van der Waals surface area contributed by atoms with E-state index in [0.29, 0.717) is 5.56 Å². The Kier molecular flexibility index (Phi) is 4.56. The van der Waals surface area contributed by atoms with Gasteiger partial charge in [-0.1, -0.05) is 41.9 Å². The Bertz CT molecular complexity index is 446. The summed E-state index contributed by atoms with van der Waals surface area (Å²) in [6, 6.07) is 10.6. The van der Waals surface area contributed by atoms with Gasteiger partial charge >= 0.3 is 5.97 Å². The summed E-state index contributed by atoms with van der Waals surface area (Å²) in [4.78, 5) is 11.4. The molecule has 0 bridgehead atoms. The van der Waals surface area contributed by atoms with E-state index in [1.165, 1.54) is 0 Å². The second-order valence-corrected chi connectivity index (χ2v) is 3.27. The highest BCUT2D eigenvalue weighted by Gasteiger charge is 2.16. The lowest BCUT2D eigenvalue weighted by Crippen LogP contribution is -2.07. The van der Waals surface area contributed by atoms with Crippen LogP contribution in [0.4, 0.5) is 0 Å². The lowest BCUT2D eigenvalue weighted by Gasteiger charge is -2.03. The summed E-state index contributed by atoms with van der Waals surface area (Å²) in [5.74, 6) is -0.696. The summed E-state index contributed by atoms with van der Waals surface area (Å²) in [7, 11) is 0. The first kappa shape index (κ1) is 12.3. The molecule has 4 heteroatoms. The third kappa shape index (κ3) is 2.85. The number of hydrogen-bond acceptors (Lipinski definition) is 3. The zero-order valence-electron chi connectivity index (χ0n) is 8.74. The number of nitriles is 1. The van der Waals surface area contributed by atoms with E-state index in [9.17, 15) is 4.79 Å². The van der Waals surface area contributed by atoms with Crippen molar-refractivity contribution in [2.75, 3.05) is 6.61 Å². The molecule has 1 aromatic carbocycles. The number of halogens is 1. The summed E-state index contributed by atoms with van der Waals surface area (Å²) in [5, 5.41) is 8.97. The number of benzene rings is 1. The summed E-state index contributed by atoms with van der Waals surface area (Å²) < 4.78 is 4.73. The quantitative estimate of drug-likeness (QED) is 0.460. The van der Waals surface area contributed by atoms with Gasteiger partial charge in [0.05, 0.1) is 11.6 Å². The largest absolute Gasteiger partial charge is 0.462 e. The van der Waals surface area contributed by atoms with Gasteiger partial charge in [-0.3, -0.25) is 0 Å². The fraction of sp³-hybridized carbons (Fsp3) is 0.167. The van der Waals surface area contributed by atoms with Crippen molar-refractivity contribution in [1.82, 2.24) is 0 Å². The van der Waals surface area contributed by atoms with Gasteiger partial charge in [-0.05, 0) is 12.5 Å². The van der Waals surface area contributed by atoms with Gasteiger partial charge < -0.3 is 4.74 Å². The summed E-state index contributed by atoms with van der Waals surface area (Å²) in [6.07, 6.45) is 0. The highest BCUT2D eigenvalue weighted by atomic mass is 35.5. The first-order valence-corrected chi connectivity index (χ1v) is 5.11. The van der Waals surface area contributed by atoms with Crippen LogP contribution in [0.2, 0.25) is 0 Å². The number of carbonyl (C=O) groups excluding carboxylic acids is 1. The van der Waals surface area contributed by atoms with Crippen LogP contribution >= 0.6 is 11.6 Å². The smallest absolute Gasteiger partial charge is 0.350 e. The SMILES string of the molecule is CCOC(=O)/C(C#N)=C(/Cl)c1ccccc1. The Labute approximate surface area is 98.9 Å². The predicted octanol–water partition coefficient (Wildman–Crippen LogP) is 2.72. The Morgan fingerprint density at radius 3 is 2.56 bits per heavy atom. The maximum absolute atomic E-state index is 11.4. The number of carbonyl (C=O) groups is 1. The third-order valence-electron chi connectivity index (χ3n) is 1.84. The standard InChI is InChI=1S/C12H10ClNO2/c1-2-16-12(15)10(8-14)11(13)9-6-4-3-5-7-9/h3-7H,2H2,1H3/b11-10+. The molecule has 16 heavy (non-hydrogen) atoms. The zero-order valence-corrected chi connectivity index (χ0v) is 9.49. The maximum atomic E-state index is 11.4. The molecule has 0 aromatic heterocycles. The van der Waals surface area contributed by atoms with E-state index in [4.69, 9.17) is 21.6 Å². The number of hydrogen-bond donors (Lipinski definition) is 0. The molecule has 0 aliphatic carbocycles. The predicted molar refractivity (Wildman–Crippen MR) is 61.5 cm³/mol. The second kappa shape index (κ2) is 5.94. The van der Waals surface area contributed by atoms with E-state index in [2.05, 4.69) is 0 Å². The van der Waals surface area contributed by atoms with Crippen LogP contribution in [-0.2, 0) is 9.53 Å². The molecule has 0 aliphatic rings. The Morgan fingerprint density at radius 1 is 1.44 bits per heavy atom. The maximum Gasteiger partial charge on any atom is 0.350 e. The molecule has 0 aliphatic heterocycles.